The topological polar surface area (TPSA) is 68.5 Å². The fourth-order valence-corrected chi connectivity index (χ4v) is 2.44. The zero-order valence-electron chi connectivity index (χ0n) is 13.0. The number of rotatable bonds is 0. The van der Waals surface area contributed by atoms with E-state index in [1.807, 2.05) is 0 Å². The second-order valence-corrected chi connectivity index (χ2v) is 6.57. The smallest absolute Gasteiger partial charge is 0.408 e. The van der Waals surface area contributed by atoms with Crippen LogP contribution in [0.1, 0.15) is 32.0 Å². The Kier molecular flexibility index (Phi) is 3.83. The Labute approximate surface area is 136 Å². The molecule has 1 aliphatic rings. The highest BCUT2D eigenvalue weighted by molar-refractivity contribution is 6.46. The molecule has 0 spiro atoms. The summed E-state index contributed by atoms with van der Waals surface area (Å²) in [4.78, 5) is 17.6. The number of hydrogen-bond acceptors (Lipinski definition) is 4. The normalized spacial score (nSPS) is 19.3. The molecule has 1 amide bonds. The number of ether oxygens (including phenoxy) is 1. The van der Waals surface area contributed by atoms with Gasteiger partial charge in [-0.25, -0.2) is 4.79 Å². The number of carbonyl (C=O) groups is 1. The van der Waals surface area contributed by atoms with Gasteiger partial charge in [-0.1, -0.05) is 0 Å². The van der Waals surface area contributed by atoms with E-state index in [9.17, 15) is 4.79 Å². The van der Waals surface area contributed by atoms with Crippen LogP contribution in [0.15, 0.2) is 12.3 Å². The standard InChI is InChI=1S/C13H15B4N3O2/c1-11(2,3)22-10(21)20-12(14,15)5-9-8(13(20,16)17)4-7(18)6-19-9/h4,6H,5,18H2,1-3H3. The lowest BCUT2D eigenvalue weighted by atomic mass is 9.46. The van der Waals surface area contributed by atoms with Crippen LogP contribution in [0, 0.1) is 0 Å². The van der Waals surface area contributed by atoms with Crippen molar-refractivity contribution in [3.05, 3.63) is 23.5 Å². The molecule has 8 radical (unpaired) electrons. The monoisotopic (exact) mass is 289 g/mol. The van der Waals surface area contributed by atoms with E-state index < -0.39 is 22.4 Å². The number of anilines is 1. The van der Waals surface area contributed by atoms with Crippen LogP contribution in [0.2, 0.25) is 0 Å². The van der Waals surface area contributed by atoms with E-state index in [2.05, 4.69) is 4.98 Å². The second kappa shape index (κ2) is 5.00. The lowest BCUT2D eigenvalue weighted by Gasteiger charge is -2.54. The molecule has 0 saturated heterocycles. The lowest BCUT2D eigenvalue weighted by molar-refractivity contribution is 0.00869. The summed E-state index contributed by atoms with van der Waals surface area (Å²) in [6, 6.07) is 1.55. The fourth-order valence-electron chi connectivity index (χ4n) is 2.44. The summed E-state index contributed by atoms with van der Waals surface area (Å²) in [5.41, 5.74) is 6.21. The van der Waals surface area contributed by atoms with Gasteiger partial charge in [0.1, 0.15) is 5.60 Å². The zero-order chi connectivity index (χ0) is 16.9. The van der Waals surface area contributed by atoms with E-state index in [1.165, 1.54) is 6.20 Å². The molecule has 1 aromatic rings. The Morgan fingerprint density at radius 1 is 1.36 bits per heavy atom. The molecule has 1 aliphatic heterocycles. The summed E-state index contributed by atoms with van der Waals surface area (Å²) in [5.74, 6) is 0. The van der Waals surface area contributed by atoms with Gasteiger partial charge < -0.3 is 15.4 Å². The largest absolute Gasteiger partial charge is 0.444 e. The van der Waals surface area contributed by atoms with Crippen LogP contribution < -0.4 is 5.73 Å². The first kappa shape index (κ1) is 16.8. The number of aromatic nitrogens is 1. The maximum absolute atomic E-state index is 12.5. The Morgan fingerprint density at radius 2 is 1.95 bits per heavy atom. The number of hydrogen-bond donors (Lipinski definition) is 1. The first-order valence-corrected chi connectivity index (χ1v) is 6.78. The molecule has 9 heteroatoms. The zero-order valence-corrected chi connectivity index (χ0v) is 13.0. The van der Waals surface area contributed by atoms with Gasteiger partial charge in [-0.3, -0.25) is 4.98 Å². The molecule has 2 heterocycles. The van der Waals surface area contributed by atoms with Crippen molar-refractivity contribution in [1.82, 2.24) is 9.88 Å². The fraction of sp³-hybridized carbons (Fsp3) is 0.538. The van der Waals surface area contributed by atoms with Crippen LogP contribution in [0.5, 0.6) is 0 Å². The Hall–Kier alpha value is -1.52. The van der Waals surface area contributed by atoms with Gasteiger partial charge in [0.25, 0.3) is 0 Å². The molecule has 0 saturated carbocycles. The molecule has 106 valence electrons. The van der Waals surface area contributed by atoms with Crippen LogP contribution >= 0.6 is 0 Å². The van der Waals surface area contributed by atoms with E-state index in [-0.39, 0.29) is 6.42 Å². The number of amides is 1. The third-order valence-corrected chi connectivity index (χ3v) is 3.24. The number of fused-ring (bicyclic) bond motifs is 1. The summed E-state index contributed by atoms with van der Waals surface area (Å²) in [6.45, 7) is 5.14. The van der Waals surface area contributed by atoms with Crippen LogP contribution in [-0.2, 0) is 16.5 Å². The molecule has 2 rings (SSSR count). The van der Waals surface area contributed by atoms with Gasteiger partial charge in [0, 0.05) is 5.69 Å². The number of pyridine rings is 1. The summed E-state index contributed by atoms with van der Waals surface area (Å²) in [7, 11) is 24.4. The predicted molar refractivity (Wildman–Crippen MR) is 87.9 cm³/mol. The molecule has 22 heavy (non-hydrogen) atoms. The Morgan fingerprint density at radius 3 is 2.50 bits per heavy atom. The van der Waals surface area contributed by atoms with Crippen molar-refractivity contribution in [3.8, 4) is 0 Å². The minimum Gasteiger partial charge on any atom is -0.444 e. The average Bonchev–Trinajstić information content (AvgIpc) is 2.26. The number of nitrogens with zero attached hydrogens (tertiary/aromatic N) is 2. The molecule has 0 atom stereocenters. The van der Waals surface area contributed by atoms with E-state index in [0.717, 1.165) is 4.90 Å². The summed E-state index contributed by atoms with van der Waals surface area (Å²) in [6.07, 6.45) is 0.710. The average molecular weight is 289 g/mol. The highest BCUT2D eigenvalue weighted by Crippen LogP contribution is 2.37. The molecule has 0 aliphatic carbocycles. The minimum atomic E-state index is -1.79. The van der Waals surface area contributed by atoms with E-state index >= 15 is 0 Å². The first-order valence-electron chi connectivity index (χ1n) is 6.78. The van der Waals surface area contributed by atoms with Crippen LogP contribution in [0.4, 0.5) is 10.5 Å². The third-order valence-electron chi connectivity index (χ3n) is 3.24. The quantitative estimate of drug-likeness (QED) is 0.677. The predicted octanol–water partition coefficient (Wildman–Crippen LogP) is -0.105. The van der Waals surface area contributed by atoms with Crippen LogP contribution in [0.3, 0.4) is 0 Å². The molecule has 0 fully saturated rings. The van der Waals surface area contributed by atoms with Crippen molar-refractivity contribution in [2.75, 3.05) is 5.73 Å². The van der Waals surface area contributed by atoms with Crippen molar-refractivity contribution in [2.45, 2.75) is 43.5 Å². The third kappa shape index (κ3) is 2.99. The van der Waals surface area contributed by atoms with Crippen molar-refractivity contribution in [3.63, 3.8) is 0 Å². The molecule has 5 nitrogen and oxygen atoms in total. The number of nitrogens with two attached hydrogens (primary N) is 1. The van der Waals surface area contributed by atoms with Gasteiger partial charge in [-0.15, -0.1) is 0 Å². The summed E-state index contributed by atoms with van der Waals surface area (Å²) < 4.78 is 5.31. The number of nitrogen functional groups attached to an aromatic ring is 1. The van der Waals surface area contributed by atoms with Crippen LogP contribution in [-0.4, -0.2) is 58.3 Å². The molecular weight excluding hydrogens is 273 g/mol. The van der Waals surface area contributed by atoms with Crippen molar-refractivity contribution >= 4 is 43.2 Å². The maximum atomic E-state index is 12.5. The summed E-state index contributed by atoms with van der Waals surface area (Å²) in [5, 5.41) is -3.43. The van der Waals surface area contributed by atoms with Gasteiger partial charge in [-0.2, -0.15) is 0 Å². The van der Waals surface area contributed by atoms with Crippen molar-refractivity contribution in [1.29, 1.82) is 0 Å². The van der Waals surface area contributed by atoms with Gasteiger partial charge >= 0.3 is 6.09 Å². The lowest BCUT2D eigenvalue weighted by Crippen LogP contribution is -2.67. The molecule has 0 unspecified atom stereocenters. The molecule has 1 aromatic heterocycles. The number of carbonyl (C=O) groups excluding carboxylic acids is 1. The van der Waals surface area contributed by atoms with Crippen molar-refractivity contribution in [2.24, 2.45) is 0 Å². The maximum Gasteiger partial charge on any atom is 0.408 e. The van der Waals surface area contributed by atoms with Gasteiger partial charge in [0.05, 0.1) is 43.3 Å². The van der Waals surface area contributed by atoms with Gasteiger partial charge in [0.2, 0.25) is 0 Å². The van der Waals surface area contributed by atoms with Gasteiger partial charge in [0.15, 0.2) is 0 Å². The van der Waals surface area contributed by atoms with E-state index in [0.29, 0.717) is 16.9 Å². The van der Waals surface area contributed by atoms with Crippen molar-refractivity contribution < 1.29 is 9.53 Å². The van der Waals surface area contributed by atoms with Gasteiger partial charge in [-0.05, 0) is 49.5 Å². The molecule has 0 bridgehead atoms. The molecular formula is C13H15B4N3O2. The minimum absolute atomic E-state index is 0.0675. The highest BCUT2D eigenvalue weighted by Gasteiger charge is 2.47. The summed E-state index contributed by atoms with van der Waals surface area (Å²) >= 11 is 0. The Bertz CT molecular complexity index is 614. The highest BCUT2D eigenvalue weighted by atomic mass is 16.6. The Balaban J connectivity index is 2.52. The molecule has 2 N–H and O–H groups in total. The SMILES string of the molecule is [B]C1([B])Cc2ncc(N)cc2C([B])([B])N1C(=O)OC(C)(C)C. The second-order valence-electron chi connectivity index (χ2n) is 6.57. The van der Waals surface area contributed by atoms with Crippen LogP contribution in [0.25, 0.3) is 0 Å². The van der Waals surface area contributed by atoms with E-state index in [1.54, 1.807) is 26.8 Å². The first-order chi connectivity index (χ1) is 9.84. The molecule has 0 aromatic carbocycles. The van der Waals surface area contributed by atoms with E-state index in [4.69, 9.17) is 41.9 Å².